The number of aromatic amines is 1. The van der Waals surface area contributed by atoms with Crippen LogP contribution in [-0.2, 0) is 0 Å². The minimum absolute atomic E-state index is 0.121. The van der Waals surface area contributed by atoms with Crippen LogP contribution in [0.5, 0.6) is 0 Å². The second kappa shape index (κ2) is 8.22. The molecule has 30 heavy (non-hydrogen) atoms. The van der Waals surface area contributed by atoms with E-state index < -0.39 is 0 Å². The van der Waals surface area contributed by atoms with Crippen LogP contribution in [0.2, 0.25) is 0 Å². The number of hydrogen-bond acceptors (Lipinski definition) is 4. The van der Waals surface area contributed by atoms with Gasteiger partial charge in [-0.25, -0.2) is 4.98 Å². The van der Waals surface area contributed by atoms with Gasteiger partial charge in [-0.15, -0.1) is 0 Å². The number of piperazine rings is 1. The number of carbonyl (C=O) groups excluding carboxylic acids is 1. The average Bonchev–Trinajstić information content (AvgIpc) is 3.53. The topological polar surface area (TPSA) is 55.5 Å². The third kappa shape index (κ3) is 3.70. The lowest BCUT2D eigenvalue weighted by Crippen LogP contribution is -2.49. The predicted molar refractivity (Wildman–Crippen MR) is 121 cm³/mol. The summed E-state index contributed by atoms with van der Waals surface area (Å²) in [6.45, 7) is 9.61. The molecule has 2 aromatic rings. The van der Waals surface area contributed by atoms with Gasteiger partial charge in [0.05, 0.1) is 0 Å². The summed E-state index contributed by atoms with van der Waals surface area (Å²) in [4.78, 5) is 28.5. The summed E-state index contributed by atoms with van der Waals surface area (Å²) in [5.41, 5.74) is 1.50. The number of rotatable bonds is 4. The van der Waals surface area contributed by atoms with E-state index in [1.54, 1.807) is 0 Å². The van der Waals surface area contributed by atoms with Crippen molar-refractivity contribution in [2.75, 3.05) is 37.6 Å². The molecule has 0 aromatic carbocycles. The van der Waals surface area contributed by atoms with Gasteiger partial charge in [-0.05, 0) is 49.8 Å². The molecule has 2 aliphatic heterocycles. The Hall–Kier alpha value is -2.08. The molecular weight excluding hydrogens is 374 g/mol. The first-order valence-electron chi connectivity index (χ1n) is 11.9. The number of likely N-dealkylation sites (tertiary alicyclic amines) is 1. The Labute approximate surface area is 179 Å². The molecule has 0 radical (unpaired) electrons. The van der Waals surface area contributed by atoms with Crippen LogP contribution in [0.1, 0.15) is 62.9 Å². The van der Waals surface area contributed by atoms with Crippen molar-refractivity contribution in [2.45, 2.75) is 64.5 Å². The lowest BCUT2D eigenvalue weighted by Gasteiger charge is -2.38. The van der Waals surface area contributed by atoms with Gasteiger partial charge in [0.2, 0.25) is 0 Å². The summed E-state index contributed by atoms with van der Waals surface area (Å²) in [5.74, 6) is 1.64. The number of anilines is 1. The fraction of sp³-hybridized carbons (Fsp3) is 0.667. The highest BCUT2D eigenvalue weighted by molar-refractivity contribution is 5.97. The molecule has 0 bridgehead atoms. The lowest BCUT2D eigenvalue weighted by atomic mass is 10.0. The summed E-state index contributed by atoms with van der Waals surface area (Å²) >= 11 is 0. The molecule has 6 heteroatoms. The molecule has 1 atom stereocenters. The molecule has 1 amide bonds. The van der Waals surface area contributed by atoms with Gasteiger partial charge in [0.1, 0.15) is 17.2 Å². The van der Waals surface area contributed by atoms with Crippen LogP contribution in [0.15, 0.2) is 18.2 Å². The number of amides is 1. The molecule has 4 heterocycles. The molecule has 6 nitrogen and oxygen atoms in total. The number of carbonyl (C=O) groups is 1. The fourth-order valence-corrected chi connectivity index (χ4v) is 5.76. The standard InChI is InChI=1S/C24H35N5O/c1-17(2)21-8-5-11-29(21)24(30)20-16-18-9-10-22(26-23(18)25-20)28-14-12-27(13-15-28)19-6-3-4-7-19/h9-10,16-17,19,21H,3-8,11-15H2,1-2H3,(H,25,26). The Balaban J connectivity index is 1.29. The van der Waals surface area contributed by atoms with Crippen LogP contribution in [0, 0.1) is 5.92 Å². The van der Waals surface area contributed by atoms with E-state index in [2.05, 4.69) is 45.7 Å². The van der Waals surface area contributed by atoms with E-state index in [0.29, 0.717) is 17.7 Å². The van der Waals surface area contributed by atoms with Crippen LogP contribution in [0.3, 0.4) is 0 Å². The Bertz CT molecular complexity index is 892. The highest BCUT2D eigenvalue weighted by Gasteiger charge is 2.32. The summed E-state index contributed by atoms with van der Waals surface area (Å²) in [7, 11) is 0. The van der Waals surface area contributed by atoms with Crippen LogP contribution in [-0.4, -0.2) is 70.5 Å². The summed E-state index contributed by atoms with van der Waals surface area (Å²) in [6.07, 6.45) is 7.75. The number of hydrogen-bond donors (Lipinski definition) is 1. The first-order chi connectivity index (χ1) is 14.6. The van der Waals surface area contributed by atoms with Crippen LogP contribution in [0.4, 0.5) is 5.82 Å². The van der Waals surface area contributed by atoms with Gasteiger partial charge in [0.25, 0.3) is 5.91 Å². The monoisotopic (exact) mass is 409 g/mol. The number of nitrogens with one attached hydrogen (secondary N) is 1. The first kappa shape index (κ1) is 19.9. The molecule has 1 saturated carbocycles. The highest BCUT2D eigenvalue weighted by Crippen LogP contribution is 2.28. The molecule has 1 aliphatic carbocycles. The van der Waals surface area contributed by atoms with Crippen molar-refractivity contribution < 1.29 is 4.79 Å². The Morgan fingerprint density at radius 3 is 2.53 bits per heavy atom. The quantitative estimate of drug-likeness (QED) is 0.832. The zero-order valence-electron chi connectivity index (χ0n) is 18.4. The van der Waals surface area contributed by atoms with E-state index >= 15 is 0 Å². The summed E-state index contributed by atoms with van der Waals surface area (Å²) in [5, 5.41) is 1.02. The van der Waals surface area contributed by atoms with Gasteiger partial charge in [0, 0.05) is 50.2 Å². The van der Waals surface area contributed by atoms with Crippen LogP contribution < -0.4 is 4.90 Å². The number of pyridine rings is 1. The second-order valence-electron chi connectivity index (χ2n) is 9.70. The predicted octanol–water partition coefficient (Wildman–Crippen LogP) is 3.89. The van der Waals surface area contributed by atoms with E-state index in [9.17, 15) is 4.79 Å². The molecule has 1 unspecified atom stereocenters. The maximum atomic E-state index is 13.1. The number of H-pyrrole nitrogens is 1. The maximum Gasteiger partial charge on any atom is 0.270 e. The smallest absolute Gasteiger partial charge is 0.270 e. The molecule has 0 spiro atoms. The third-order valence-electron chi connectivity index (χ3n) is 7.50. The molecular formula is C24H35N5O. The van der Waals surface area contributed by atoms with Crippen molar-refractivity contribution in [3.05, 3.63) is 23.9 Å². The highest BCUT2D eigenvalue weighted by atomic mass is 16.2. The van der Waals surface area contributed by atoms with Crippen molar-refractivity contribution in [3.63, 3.8) is 0 Å². The molecule has 1 N–H and O–H groups in total. The first-order valence-corrected chi connectivity index (χ1v) is 11.9. The van der Waals surface area contributed by atoms with Gasteiger partial charge < -0.3 is 14.8 Å². The Kier molecular flexibility index (Phi) is 5.44. The number of nitrogens with zero attached hydrogens (tertiary/aromatic N) is 4. The normalized spacial score (nSPS) is 23.9. The van der Waals surface area contributed by atoms with Crippen LogP contribution in [0.25, 0.3) is 11.0 Å². The lowest BCUT2D eigenvalue weighted by molar-refractivity contribution is 0.0696. The second-order valence-corrected chi connectivity index (χ2v) is 9.70. The van der Waals surface area contributed by atoms with E-state index in [0.717, 1.165) is 68.5 Å². The van der Waals surface area contributed by atoms with E-state index in [-0.39, 0.29) is 5.91 Å². The Morgan fingerprint density at radius 1 is 1.03 bits per heavy atom. The van der Waals surface area contributed by atoms with Gasteiger partial charge in [-0.3, -0.25) is 9.69 Å². The van der Waals surface area contributed by atoms with Crippen molar-refractivity contribution in [3.8, 4) is 0 Å². The Morgan fingerprint density at radius 2 is 1.80 bits per heavy atom. The van der Waals surface area contributed by atoms with Crippen LogP contribution >= 0.6 is 0 Å². The van der Waals surface area contributed by atoms with Gasteiger partial charge >= 0.3 is 0 Å². The molecule has 3 fully saturated rings. The maximum absolute atomic E-state index is 13.1. The van der Waals surface area contributed by atoms with Gasteiger partial charge in [0.15, 0.2) is 0 Å². The summed E-state index contributed by atoms with van der Waals surface area (Å²) in [6, 6.07) is 7.35. The van der Waals surface area contributed by atoms with Crippen molar-refractivity contribution >= 4 is 22.8 Å². The summed E-state index contributed by atoms with van der Waals surface area (Å²) < 4.78 is 0. The molecule has 3 aliphatic rings. The largest absolute Gasteiger partial charge is 0.354 e. The molecule has 5 rings (SSSR count). The zero-order valence-corrected chi connectivity index (χ0v) is 18.4. The van der Waals surface area contributed by atoms with E-state index in [4.69, 9.17) is 4.98 Å². The van der Waals surface area contributed by atoms with Gasteiger partial charge in [-0.1, -0.05) is 26.7 Å². The zero-order chi connectivity index (χ0) is 20.7. The van der Waals surface area contributed by atoms with Crippen molar-refractivity contribution in [1.82, 2.24) is 19.8 Å². The van der Waals surface area contributed by atoms with Crippen molar-refractivity contribution in [1.29, 1.82) is 0 Å². The SMILES string of the molecule is CC(C)C1CCCN1C(=O)c1cc2ccc(N3CCN(C4CCCC4)CC3)nc2[nH]1. The number of aromatic nitrogens is 2. The fourth-order valence-electron chi connectivity index (χ4n) is 5.76. The van der Waals surface area contributed by atoms with E-state index in [1.165, 1.54) is 25.7 Å². The minimum atomic E-state index is 0.121. The number of fused-ring (bicyclic) bond motifs is 1. The molecule has 2 saturated heterocycles. The average molecular weight is 410 g/mol. The minimum Gasteiger partial charge on any atom is -0.354 e. The van der Waals surface area contributed by atoms with Crippen molar-refractivity contribution in [2.24, 2.45) is 5.92 Å². The molecule has 2 aromatic heterocycles. The molecule has 162 valence electrons. The van der Waals surface area contributed by atoms with E-state index in [1.807, 2.05) is 6.07 Å². The third-order valence-corrected chi connectivity index (χ3v) is 7.50. The van der Waals surface area contributed by atoms with Gasteiger partial charge in [-0.2, -0.15) is 0 Å².